The third-order valence-electron chi connectivity index (χ3n) is 7.95. The van der Waals surface area contributed by atoms with Crippen molar-refractivity contribution in [1.82, 2.24) is 0 Å². The van der Waals surface area contributed by atoms with Crippen LogP contribution in [0.4, 0.5) is 0 Å². The zero-order valence-corrected chi connectivity index (χ0v) is 15.1. The SMILES string of the molecule is COc1ccc2c(c1)CC[C@H]1[C@@]2(C)CC[C@@]2(C)C=CCC[C@]12C. The molecule has 4 atom stereocenters. The fraction of sp³-hybridized carbons (Fsp3) is 0.636. The van der Waals surface area contributed by atoms with Crippen LogP contribution in [0.25, 0.3) is 0 Å². The molecular formula is C22H30O. The molecule has 0 radical (unpaired) electrons. The van der Waals surface area contributed by atoms with Crippen LogP contribution in [-0.2, 0) is 11.8 Å². The number of aryl methyl sites for hydroxylation is 1. The molecule has 0 amide bonds. The minimum Gasteiger partial charge on any atom is -0.497 e. The molecular weight excluding hydrogens is 280 g/mol. The second-order valence-corrected chi connectivity index (χ2v) is 8.81. The molecule has 1 saturated carbocycles. The van der Waals surface area contributed by atoms with E-state index in [9.17, 15) is 0 Å². The summed E-state index contributed by atoms with van der Waals surface area (Å²) < 4.78 is 5.46. The average Bonchev–Trinajstić information content (AvgIpc) is 2.55. The highest BCUT2D eigenvalue weighted by Gasteiger charge is 2.59. The van der Waals surface area contributed by atoms with E-state index in [2.05, 4.69) is 51.1 Å². The number of fused-ring (bicyclic) bond motifs is 5. The zero-order chi connectivity index (χ0) is 16.3. The summed E-state index contributed by atoms with van der Waals surface area (Å²) >= 11 is 0. The Labute approximate surface area is 141 Å². The molecule has 4 rings (SSSR count). The Bertz CT molecular complexity index is 660. The minimum absolute atomic E-state index is 0.333. The molecule has 0 saturated heterocycles. The van der Waals surface area contributed by atoms with Gasteiger partial charge in [0.2, 0.25) is 0 Å². The minimum atomic E-state index is 0.333. The van der Waals surface area contributed by atoms with Gasteiger partial charge < -0.3 is 4.74 Å². The van der Waals surface area contributed by atoms with Crippen molar-refractivity contribution in [3.05, 3.63) is 41.5 Å². The van der Waals surface area contributed by atoms with Gasteiger partial charge in [-0.2, -0.15) is 0 Å². The number of ether oxygens (including phenoxy) is 1. The molecule has 1 aromatic carbocycles. The summed E-state index contributed by atoms with van der Waals surface area (Å²) in [6.07, 6.45) is 12.8. The van der Waals surface area contributed by atoms with Crippen molar-refractivity contribution < 1.29 is 4.74 Å². The van der Waals surface area contributed by atoms with Crippen LogP contribution in [0.3, 0.4) is 0 Å². The van der Waals surface area contributed by atoms with E-state index in [-0.39, 0.29) is 0 Å². The summed E-state index contributed by atoms with van der Waals surface area (Å²) in [5, 5.41) is 0. The smallest absolute Gasteiger partial charge is 0.119 e. The van der Waals surface area contributed by atoms with Crippen molar-refractivity contribution in [2.24, 2.45) is 16.7 Å². The van der Waals surface area contributed by atoms with E-state index >= 15 is 0 Å². The quantitative estimate of drug-likeness (QED) is 0.607. The summed E-state index contributed by atoms with van der Waals surface area (Å²) in [6.45, 7) is 7.66. The van der Waals surface area contributed by atoms with Gasteiger partial charge in [0.25, 0.3) is 0 Å². The van der Waals surface area contributed by atoms with Crippen LogP contribution in [0.5, 0.6) is 5.75 Å². The summed E-state index contributed by atoms with van der Waals surface area (Å²) in [5.74, 6) is 1.80. The van der Waals surface area contributed by atoms with Gasteiger partial charge in [-0.15, -0.1) is 0 Å². The predicted molar refractivity (Wildman–Crippen MR) is 96.0 cm³/mol. The van der Waals surface area contributed by atoms with Crippen LogP contribution in [0, 0.1) is 16.7 Å². The lowest BCUT2D eigenvalue weighted by Gasteiger charge is -2.63. The molecule has 3 aliphatic rings. The molecule has 0 heterocycles. The van der Waals surface area contributed by atoms with Crippen LogP contribution in [-0.4, -0.2) is 7.11 Å². The van der Waals surface area contributed by atoms with Crippen LogP contribution in [0.1, 0.15) is 64.0 Å². The molecule has 3 aliphatic carbocycles. The molecule has 0 bridgehead atoms. The normalized spacial score (nSPS) is 41.7. The number of benzene rings is 1. The van der Waals surface area contributed by atoms with Crippen molar-refractivity contribution in [3.63, 3.8) is 0 Å². The molecule has 1 heteroatoms. The molecule has 0 aromatic heterocycles. The van der Waals surface area contributed by atoms with Gasteiger partial charge in [0.15, 0.2) is 0 Å². The Morgan fingerprint density at radius 2 is 1.91 bits per heavy atom. The van der Waals surface area contributed by atoms with Crippen molar-refractivity contribution >= 4 is 0 Å². The molecule has 23 heavy (non-hydrogen) atoms. The summed E-state index contributed by atoms with van der Waals surface area (Å²) in [5.41, 5.74) is 4.29. The molecule has 0 spiro atoms. The summed E-state index contributed by atoms with van der Waals surface area (Å²) in [4.78, 5) is 0. The van der Waals surface area contributed by atoms with Gasteiger partial charge in [-0.1, -0.05) is 39.0 Å². The number of hydrogen-bond donors (Lipinski definition) is 0. The standard InChI is InChI=1S/C22H30O/c1-20-11-5-6-12-22(20,3)19-10-7-16-15-17(23-4)8-9-18(16)21(19,2)14-13-20/h5,8-9,11,15,19H,6-7,10,12-14H2,1-4H3/t19-,20+,21-,22+/m0/s1. The van der Waals surface area contributed by atoms with E-state index in [0.29, 0.717) is 16.2 Å². The fourth-order valence-electron chi connectivity index (χ4n) is 6.26. The Morgan fingerprint density at radius 3 is 2.70 bits per heavy atom. The van der Waals surface area contributed by atoms with Gasteiger partial charge in [-0.3, -0.25) is 0 Å². The third kappa shape index (κ3) is 1.92. The molecule has 0 aliphatic heterocycles. The van der Waals surface area contributed by atoms with Crippen molar-refractivity contribution in [1.29, 1.82) is 0 Å². The van der Waals surface area contributed by atoms with E-state index in [1.807, 2.05) is 0 Å². The van der Waals surface area contributed by atoms with E-state index in [4.69, 9.17) is 4.74 Å². The predicted octanol–water partition coefficient (Wildman–Crippen LogP) is 5.67. The summed E-state index contributed by atoms with van der Waals surface area (Å²) in [6, 6.07) is 6.82. The molecule has 1 aromatic rings. The topological polar surface area (TPSA) is 9.23 Å². The van der Waals surface area contributed by atoms with Gasteiger partial charge in [0, 0.05) is 0 Å². The maximum Gasteiger partial charge on any atom is 0.119 e. The molecule has 0 unspecified atom stereocenters. The van der Waals surface area contributed by atoms with Gasteiger partial charge in [0.1, 0.15) is 5.75 Å². The van der Waals surface area contributed by atoms with Crippen LogP contribution in [0.2, 0.25) is 0 Å². The van der Waals surface area contributed by atoms with Crippen LogP contribution in [0.15, 0.2) is 30.4 Å². The van der Waals surface area contributed by atoms with Gasteiger partial charge in [-0.05, 0) is 83.9 Å². The fourth-order valence-corrected chi connectivity index (χ4v) is 6.26. The number of allylic oxidation sites excluding steroid dienone is 2. The largest absolute Gasteiger partial charge is 0.497 e. The van der Waals surface area contributed by atoms with Crippen molar-refractivity contribution in [3.8, 4) is 5.75 Å². The first-order chi connectivity index (χ1) is 10.9. The first-order valence-electron chi connectivity index (χ1n) is 9.28. The second-order valence-electron chi connectivity index (χ2n) is 8.81. The van der Waals surface area contributed by atoms with Crippen molar-refractivity contribution in [2.45, 2.75) is 64.7 Å². The highest BCUT2D eigenvalue weighted by Crippen LogP contribution is 2.66. The second kappa shape index (κ2) is 4.88. The van der Waals surface area contributed by atoms with Gasteiger partial charge >= 0.3 is 0 Å². The van der Waals surface area contributed by atoms with Crippen LogP contribution < -0.4 is 4.74 Å². The lowest BCUT2D eigenvalue weighted by Crippen LogP contribution is -2.57. The van der Waals surface area contributed by atoms with E-state index < -0.39 is 0 Å². The highest BCUT2D eigenvalue weighted by atomic mass is 16.5. The Balaban J connectivity index is 1.82. The Hall–Kier alpha value is -1.24. The summed E-state index contributed by atoms with van der Waals surface area (Å²) in [7, 11) is 1.77. The van der Waals surface area contributed by atoms with Crippen LogP contribution >= 0.6 is 0 Å². The highest BCUT2D eigenvalue weighted by molar-refractivity contribution is 5.44. The van der Waals surface area contributed by atoms with E-state index in [1.165, 1.54) is 44.1 Å². The number of hydrogen-bond acceptors (Lipinski definition) is 1. The third-order valence-corrected chi connectivity index (χ3v) is 7.95. The zero-order valence-electron chi connectivity index (χ0n) is 15.1. The number of rotatable bonds is 1. The maximum absolute atomic E-state index is 5.46. The first-order valence-corrected chi connectivity index (χ1v) is 9.28. The molecule has 124 valence electrons. The maximum atomic E-state index is 5.46. The molecule has 0 N–H and O–H groups in total. The Morgan fingerprint density at radius 1 is 1.09 bits per heavy atom. The average molecular weight is 310 g/mol. The van der Waals surface area contributed by atoms with Gasteiger partial charge in [-0.25, -0.2) is 0 Å². The monoisotopic (exact) mass is 310 g/mol. The van der Waals surface area contributed by atoms with Crippen molar-refractivity contribution in [2.75, 3.05) is 7.11 Å². The molecule has 1 fully saturated rings. The van der Waals surface area contributed by atoms with E-state index in [1.54, 1.807) is 12.7 Å². The molecule has 1 nitrogen and oxygen atoms in total. The lowest BCUT2D eigenvalue weighted by molar-refractivity contribution is -0.0723. The Kier molecular flexibility index (Phi) is 3.25. The first kappa shape index (κ1) is 15.3. The van der Waals surface area contributed by atoms with E-state index in [0.717, 1.165) is 11.7 Å². The lowest BCUT2D eigenvalue weighted by atomic mass is 9.41. The number of methoxy groups -OCH3 is 1. The van der Waals surface area contributed by atoms with Gasteiger partial charge in [0.05, 0.1) is 7.11 Å².